The molecule has 6 nitrogen and oxygen atoms in total. The van der Waals surface area contributed by atoms with Crippen LogP contribution in [0.25, 0.3) is 10.9 Å². The summed E-state index contributed by atoms with van der Waals surface area (Å²) < 4.78 is 5.44. The second-order valence-electron chi connectivity index (χ2n) is 7.39. The molecule has 156 valence electrons. The smallest absolute Gasteiger partial charge is 0.339 e. The quantitative estimate of drug-likeness (QED) is 0.589. The Bertz CT molecular complexity index is 1050. The molecule has 0 spiro atoms. The van der Waals surface area contributed by atoms with Crippen molar-refractivity contribution in [2.75, 3.05) is 19.7 Å². The first-order chi connectivity index (χ1) is 14.7. The zero-order valence-corrected chi connectivity index (χ0v) is 17.8. The number of thiophene rings is 1. The van der Waals surface area contributed by atoms with Crippen molar-refractivity contribution < 1.29 is 14.3 Å². The van der Waals surface area contributed by atoms with E-state index in [0.29, 0.717) is 18.7 Å². The van der Waals surface area contributed by atoms with Crippen LogP contribution in [0.4, 0.5) is 0 Å². The zero-order chi connectivity index (χ0) is 20.9. The van der Waals surface area contributed by atoms with Crippen molar-refractivity contribution >= 4 is 34.1 Å². The van der Waals surface area contributed by atoms with Crippen molar-refractivity contribution in [1.82, 2.24) is 15.2 Å². The molecule has 0 fully saturated rings. The third-order valence-corrected chi connectivity index (χ3v) is 6.12. The predicted molar refractivity (Wildman–Crippen MR) is 117 cm³/mol. The molecule has 3 heterocycles. The van der Waals surface area contributed by atoms with Gasteiger partial charge in [0.15, 0.2) is 6.61 Å². The molecule has 1 N–H and O–H groups in total. The summed E-state index contributed by atoms with van der Waals surface area (Å²) in [5.74, 6) is -0.772. The van der Waals surface area contributed by atoms with Crippen LogP contribution in [0, 0.1) is 0 Å². The van der Waals surface area contributed by atoms with Crippen LogP contribution in [0.3, 0.4) is 0 Å². The third-order valence-electron chi connectivity index (χ3n) is 5.24. The molecule has 0 bridgehead atoms. The summed E-state index contributed by atoms with van der Waals surface area (Å²) in [6.07, 6.45) is 1.86. The van der Waals surface area contributed by atoms with Crippen LogP contribution in [0.5, 0.6) is 0 Å². The van der Waals surface area contributed by atoms with Gasteiger partial charge in [-0.1, -0.05) is 31.2 Å². The van der Waals surface area contributed by atoms with Crippen LogP contribution in [-0.2, 0) is 29.0 Å². The molecule has 1 aliphatic heterocycles. The highest BCUT2D eigenvalue weighted by Gasteiger charge is 2.26. The number of hydrogen-bond acceptors (Lipinski definition) is 6. The van der Waals surface area contributed by atoms with Gasteiger partial charge in [-0.25, -0.2) is 4.79 Å². The molecule has 0 saturated heterocycles. The van der Waals surface area contributed by atoms with E-state index in [-0.39, 0.29) is 12.5 Å². The summed E-state index contributed by atoms with van der Waals surface area (Å²) in [5, 5.41) is 5.52. The summed E-state index contributed by atoms with van der Waals surface area (Å²) in [4.78, 5) is 33.4. The van der Waals surface area contributed by atoms with Gasteiger partial charge in [0.1, 0.15) is 0 Å². The third kappa shape index (κ3) is 4.52. The topological polar surface area (TPSA) is 71.5 Å². The Labute approximate surface area is 179 Å². The number of carbonyl (C=O) groups excluding carboxylic acids is 2. The maximum atomic E-state index is 13.1. The van der Waals surface area contributed by atoms with E-state index in [1.807, 2.05) is 41.8 Å². The van der Waals surface area contributed by atoms with Gasteiger partial charge in [0.25, 0.3) is 5.91 Å². The molecule has 1 aliphatic rings. The second kappa shape index (κ2) is 9.36. The van der Waals surface area contributed by atoms with E-state index in [0.717, 1.165) is 53.0 Å². The van der Waals surface area contributed by atoms with Crippen molar-refractivity contribution in [2.45, 2.75) is 32.9 Å². The van der Waals surface area contributed by atoms with E-state index in [1.54, 1.807) is 11.3 Å². The van der Waals surface area contributed by atoms with Gasteiger partial charge >= 0.3 is 5.97 Å². The molecule has 2 aromatic heterocycles. The Hall–Kier alpha value is -2.77. The fourth-order valence-electron chi connectivity index (χ4n) is 3.84. The van der Waals surface area contributed by atoms with Gasteiger partial charge in [0, 0.05) is 41.0 Å². The average molecular weight is 424 g/mol. The van der Waals surface area contributed by atoms with Crippen LogP contribution in [-0.4, -0.2) is 41.5 Å². The molecule has 0 radical (unpaired) electrons. The Kier molecular flexibility index (Phi) is 6.40. The average Bonchev–Trinajstić information content (AvgIpc) is 3.28. The number of pyridine rings is 1. The van der Waals surface area contributed by atoms with Gasteiger partial charge in [-0.05, 0) is 30.5 Å². The lowest BCUT2D eigenvalue weighted by Crippen LogP contribution is -2.33. The number of aromatic nitrogens is 1. The highest BCUT2D eigenvalue weighted by Crippen LogP contribution is 2.28. The van der Waals surface area contributed by atoms with Crippen molar-refractivity contribution in [3.05, 3.63) is 63.5 Å². The highest BCUT2D eigenvalue weighted by molar-refractivity contribution is 7.09. The number of para-hydroxylation sites is 1. The Morgan fingerprint density at radius 1 is 1.23 bits per heavy atom. The van der Waals surface area contributed by atoms with Crippen molar-refractivity contribution in [3.63, 3.8) is 0 Å². The van der Waals surface area contributed by atoms with E-state index < -0.39 is 5.97 Å². The van der Waals surface area contributed by atoms with Gasteiger partial charge in [-0.2, -0.15) is 0 Å². The number of esters is 1. The first-order valence-electron chi connectivity index (χ1n) is 10.2. The molecule has 4 rings (SSSR count). The predicted octanol–water partition coefficient (Wildman–Crippen LogP) is 3.54. The molecule has 3 aromatic rings. The molecule has 7 heteroatoms. The summed E-state index contributed by atoms with van der Waals surface area (Å²) in [6.45, 7) is 4.88. The Morgan fingerprint density at radius 2 is 2.10 bits per heavy atom. The van der Waals surface area contributed by atoms with E-state index in [9.17, 15) is 9.59 Å². The van der Waals surface area contributed by atoms with Gasteiger partial charge in [-0.15, -0.1) is 11.3 Å². The number of nitrogens with zero attached hydrogens (tertiary/aromatic N) is 2. The van der Waals surface area contributed by atoms with Gasteiger partial charge in [0.05, 0.1) is 17.6 Å². The summed E-state index contributed by atoms with van der Waals surface area (Å²) in [6, 6.07) is 11.5. The van der Waals surface area contributed by atoms with Crippen LogP contribution >= 0.6 is 11.3 Å². The molecule has 0 saturated carbocycles. The standard InChI is InChI=1S/C23H25N3O3S/c1-2-10-26-11-9-20-18(14-26)22(17-7-3-4-8-19(17)25-20)23(28)29-15-21(27)24-13-16-6-5-12-30-16/h3-8,12H,2,9-11,13-15H2,1H3,(H,24,27). The van der Waals surface area contributed by atoms with Crippen molar-refractivity contribution in [1.29, 1.82) is 0 Å². The number of hydrogen-bond donors (Lipinski definition) is 1. The minimum atomic E-state index is -0.463. The van der Waals surface area contributed by atoms with Crippen LogP contribution in [0.15, 0.2) is 41.8 Å². The fraction of sp³-hybridized carbons (Fsp3) is 0.348. The maximum absolute atomic E-state index is 13.1. The lowest BCUT2D eigenvalue weighted by atomic mass is 9.95. The molecular weight excluding hydrogens is 398 g/mol. The number of carbonyl (C=O) groups is 2. The molecule has 0 aliphatic carbocycles. The normalized spacial score (nSPS) is 13.8. The highest BCUT2D eigenvalue weighted by atomic mass is 32.1. The van der Waals surface area contributed by atoms with Crippen LogP contribution < -0.4 is 5.32 Å². The lowest BCUT2D eigenvalue weighted by molar-refractivity contribution is -0.124. The van der Waals surface area contributed by atoms with Crippen molar-refractivity contribution in [3.8, 4) is 0 Å². The number of fused-ring (bicyclic) bond motifs is 2. The summed E-state index contributed by atoms with van der Waals surface area (Å²) in [5.41, 5.74) is 3.21. The first-order valence-corrected chi connectivity index (χ1v) is 11.1. The van der Waals surface area contributed by atoms with Crippen molar-refractivity contribution in [2.24, 2.45) is 0 Å². The minimum Gasteiger partial charge on any atom is -0.452 e. The first kappa shape index (κ1) is 20.5. The molecule has 0 unspecified atom stereocenters. The second-order valence-corrected chi connectivity index (χ2v) is 8.42. The minimum absolute atomic E-state index is 0.297. The Morgan fingerprint density at radius 3 is 2.90 bits per heavy atom. The SMILES string of the molecule is CCCN1CCc2nc3ccccc3c(C(=O)OCC(=O)NCc3cccs3)c2C1. The Balaban J connectivity index is 1.53. The van der Waals surface area contributed by atoms with Gasteiger partial charge in [0.2, 0.25) is 0 Å². The summed E-state index contributed by atoms with van der Waals surface area (Å²) >= 11 is 1.57. The summed E-state index contributed by atoms with van der Waals surface area (Å²) in [7, 11) is 0. The molecule has 1 amide bonds. The zero-order valence-electron chi connectivity index (χ0n) is 17.0. The van der Waals surface area contributed by atoms with E-state index >= 15 is 0 Å². The number of rotatable bonds is 7. The van der Waals surface area contributed by atoms with E-state index in [2.05, 4.69) is 17.1 Å². The number of nitrogens with one attached hydrogen (secondary N) is 1. The van der Waals surface area contributed by atoms with Gasteiger partial charge < -0.3 is 10.1 Å². The van der Waals surface area contributed by atoms with E-state index in [1.165, 1.54) is 0 Å². The van der Waals surface area contributed by atoms with Crippen LogP contribution in [0.1, 0.15) is 39.8 Å². The molecule has 1 aromatic carbocycles. The monoisotopic (exact) mass is 423 g/mol. The van der Waals surface area contributed by atoms with E-state index in [4.69, 9.17) is 9.72 Å². The number of amides is 1. The molecule has 30 heavy (non-hydrogen) atoms. The lowest BCUT2D eigenvalue weighted by Gasteiger charge is -2.29. The fourth-order valence-corrected chi connectivity index (χ4v) is 4.48. The largest absolute Gasteiger partial charge is 0.452 e. The van der Waals surface area contributed by atoms with Crippen LogP contribution in [0.2, 0.25) is 0 Å². The number of ether oxygens (including phenoxy) is 1. The molecular formula is C23H25N3O3S. The number of benzene rings is 1. The van der Waals surface area contributed by atoms with Gasteiger partial charge in [-0.3, -0.25) is 14.7 Å². The maximum Gasteiger partial charge on any atom is 0.339 e. The molecule has 0 atom stereocenters.